The van der Waals surface area contributed by atoms with Gasteiger partial charge < -0.3 is 14.7 Å². The molecule has 1 saturated heterocycles. The van der Waals surface area contributed by atoms with Gasteiger partial charge in [-0.25, -0.2) is 9.59 Å². The van der Waals surface area contributed by atoms with Gasteiger partial charge in [-0.15, -0.1) is 0 Å². The summed E-state index contributed by atoms with van der Waals surface area (Å²) in [6.45, 7) is 1.46. The quantitative estimate of drug-likeness (QED) is 0.801. The number of amides is 1. The van der Waals surface area contributed by atoms with Crippen LogP contribution in [0.25, 0.3) is 0 Å². The number of para-hydroxylation sites is 1. The Morgan fingerprint density at radius 2 is 1.68 bits per heavy atom. The number of rotatable bonds is 1. The van der Waals surface area contributed by atoms with Crippen LogP contribution in [-0.4, -0.2) is 34.6 Å². The highest BCUT2D eigenvalue weighted by atomic mass is 35.5. The number of carbonyl (C=O) groups is 2. The van der Waals surface area contributed by atoms with Gasteiger partial charge in [0.2, 0.25) is 0 Å². The molecule has 0 aromatic heterocycles. The Balaban J connectivity index is 0.000000191. The zero-order chi connectivity index (χ0) is 14.1. The minimum absolute atomic E-state index is 0.461. The molecule has 0 unspecified atom stereocenters. The molecule has 0 saturated carbocycles. The van der Waals surface area contributed by atoms with Crippen molar-refractivity contribution in [1.82, 2.24) is 4.90 Å². The highest BCUT2D eigenvalue weighted by molar-refractivity contribution is 6.61. The van der Waals surface area contributed by atoms with Gasteiger partial charge in [-0.1, -0.05) is 18.2 Å². The van der Waals surface area contributed by atoms with Crippen molar-refractivity contribution in [3.8, 4) is 5.75 Å². The van der Waals surface area contributed by atoms with E-state index in [1.807, 2.05) is 6.07 Å². The van der Waals surface area contributed by atoms with Gasteiger partial charge in [0, 0.05) is 24.7 Å². The standard InChI is InChI=1S/C7H5ClO2.C6H11NO2/c8-7(9)10-6-4-2-1-3-5-6;8-6(9)7-4-2-1-3-5-7/h1-5H;1-5H2,(H,8,9). The maximum Gasteiger partial charge on any atom is 0.409 e. The Morgan fingerprint density at radius 1 is 1.11 bits per heavy atom. The molecule has 0 bridgehead atoms. The monoisotopic (exact) mass is 285 g/mol. The first-order valence-corrected chi connectivity index (χ1v) is 6.37. The van der Waals surface area contributed by atoms with Gasteiger partial charge >= 0.3 is 11.5 Å². The Labute approximate surface area is 116 Å². The second kappa shape index (κ2) is 8.37. The number of halogens is 1. The molecule has 1 aromatic carbocycles. The molecular formula is C13H16ClNO4. The molecule has 5 nitrogen and oxygen atoms in total. The van der Waals surface area contributed by atoms with Crippen molar-refractivity contribution >= 4 is 23.1 Å². The minimum atomic E-state index is -0.814. The first kappa shape index (κ1) is 15.3. The molecule has 0 spiro atoms. The number of ether oxygens (including phenoxy) is 1. The number of hydrogen-bond acceptors (Lipinski definition) is 3. The van der Waals surface area contributed by atoms with Crippen molar-refractivity contribution in [2.24, 2.45) is 0 Å². The summed E-state index contributed by atoms with van der Waals surface area (Å²) in [5, 5.41) is 8.46. The average molecular weight is 286 g/mol. The van der Waals surface area contributed by atoms with E-state index in [1.54, 1.807) is 24.3 Å². The lowest BCUT2D eigenvalue weighted by Gasteiger charge is -2.22. The predicted octanol–water partition coefficient (Wildman–Crippen LogP) is 3.57. The van der Waals surface area contributed by atoms with Crippen molar-refractivity contribution in [3.63, 3.8) is 0 Å². The number of hydrogen-bond donors (Lipinski definition) is 1. The molecule has 0 aliphatic carbocycles. The lowest BCUT2D eigenvalue weighted by molar-refractivity contribution is 0.136. The molecule has 104 valence electrons. The lowest BCUT2D eigenvalue weighted by atomic mass is 10.1. The number of nitrogens with zero attached hydrogens (tertiary/aromatic N) is 1. The van der Waals surface area contributed by atoms with Crippen LogP contribution in [0.2, 0.25) is 0 Å². The van der Waals surface area contributed by atoms with Crippen molar-refractivity contribution in [3.05, 3.63) is 30.3 Å². The predicted molar refractivity (Wildman–Crippen MR) is 71.8 cm³/mol. The second-order valence-electron chi connectivity index (χ2n) is 3.98. The minimum Gasteiger partial charge on any atom is -0.465 e. The summed E-state index contributed by atoms with van der Waals surface area (Å²) in [6.07, 6.45) is 2.48. The molecule has 1 aromatic rings. The molecule has 2 rings (SSSR count). The normalized spacial score (nSPS) is 14.1. The van der Waals surface area contributed by atoms with Crippen LogP contribution in [0.1, 0.15) is 19.3 Å². The van der Waals surface area contributed by atoms with Gasteiger partial charge in [-0.3, -0.25) is 0 Å². The first-order chi connectivity index (χ1) is 9.09. The van der Waals surface area contributed by atoms with E-state index >= 15 is 0 Å². The number of piperidine rings is 1. The molecule has 1 aliphatic rings. The highest BCUT2D eigenvalue weighted by Gasteiger charge is 2.13. The summed E-state index contributed by atoms with van der Waals surface area (Å²) in [4.78, 5) is 21.9. The van der Waals surface area contributed by atoms with E-state index in [4.69, 9.17) is 16.7 Å². The van der Waals surface area contributed by atoms with Crippen LogP contribution in [0.5, 0.6) is 5.75 Å². The van der Waals surface area contributed by atoms with E-state index in [9.17, 15) is 9.59 Å². The molecule has 1 fully saturated rings. The molecule has 1 amide bonds. The van der Waals surface area contributed by atoms with E-state index in [2.05, 4.69) is 4.74 Å². The Kier molecular flexibility index (Phi) is 6.74. The van der Waals surface area contributed by atoms with Crippen molar-refractivity contribution in [2.75, 3.05) is 13.1 Å². The van der Waals surface area contributed by atoms with Crippen LogP contribution in [0.4, 0.5) is 9.59 Å². The van der Waals surface area contributed by atoms with Crippen LogP contribution in [0.3, 0.4) is 0 Å². The smallest absolute Gasteiger partial charge is 0.409 e. The zero-order valence-corrected chi connectivity index (χ0v) is 11.2. The van der Waals surface area contributed by atoms with E-state index in [-0.39, 0.29) is 0 Å². The SMILES string of the molecule is O=C(Cl)Oc1ccccc1.O=C(O)N1CCCCC1. The third-order valence-electron chi connectivity index (χ3n) is 2.57. The molecule has 1 N–H and O–H groups in total. The highest BCUT2D eigenvalue weighted by Crippen LogP contribution is 2.09. The molecular weight excluding hydrogens is 270 g/mol. The largest absolute Gasteiger partial charge is 0.465 e. The Hall–Kier alpha value is -1.75. The van der Waals surface area contributed by atoms with Gasteiger partial charge in [0.1, 0.15) is 5.75 Å². The fraction of sp³-hybridized carbons (Fsp3) is 0.385. The summed E-state index contributed by atoms with van der Waals surface area (Å²) in [7, 11) is 0. The third kappa shape index (κ3) is 6.67. The van der Waals surface area contributed by atoms with Crippen molar-refractivity contribution in [2.45, 2.75) is 19.3 Å². The van der Waals surface area contributed by atoms with E-state index in [0.717, 1.165) is 25.9 Å². The second-order valence-corrected chi connectivity index (χ2v) is 4.29. The summed E-state index contributed by atoms with van der Waals surface area (Å²) < 4.78 is 4.54. The fourth-order valence-electron chi connectivity index (χ4n) is 1.67. The Bertz CT molecular complexity index is 404. The van der Waals surface area contributed by atoms with Gasteiger partial charge in [0.15, 0.2) is 0 Å². The number of carbonyl (C=O) groups excluding carboxylic acids is 1. The van der Waals surface area contributed by atoms with E-state index < -0.39 is 11.5 Å². The van der Waals surface area contributed by atoms with Gasteiger partial charge in [0.05, 0.1) is 0 Å². The van der Waals surface area contributed by atoms with Crippen LogP contribution < -0.4 is 4.74 Å². The molecule has 0 radical (unpaired) electrons. The topological polar surface area (TPSA) is 66.8 Å². The average Bonchev–Trinajstić information content (AvgIpc) is 2.41. The molecule has 6 heteroatoms. The summed E-state index contributed by atoms with van der Waals surface area (Å²) in [6, 6.07) is 8.65. The van der Waals surface area contributed by atoms with Gasteiger partial charge in [-0.05, 0) is 31.4 Å². The zero-order valence-electron chi connectivity index (χ0n) is 10.4. The number of benzene rings is 1. The maximum atomic E-state index is 10.3. The molecule has 1 heterocycles. The summed E-state index contributed by atoms with van der Waals surface area (Å²) in [5.41, 5.74) is -0.814. The van der Waals surface area contributed by atoms with Crippen molar-refractivity contribution < 1.29 is 19.4 Å². The Morgan fingerprint density at radius 3 is 2.11 bits per heavy atom. The van der Waals surface area contributed by atoms with Gasteiger partial charge in [0.25, 0.3) is 0 Å². The van der Waals surface area contributed by atoms with Crippen molar-refractivity contribution in [1.29, 1.82) is 0 Å². The summed E-state index contributed by atoms with van der Waals surface area (Å²) in [5.74, 6) is 0.461. The van der Waals surface area contributed by atoms with E-state index in [1.165, 1.54) is 11.3 Å². The molecule has 19 heavy (non-hydrogen) atoms. The van der Waals surface area contributed by atoms with Crippen LogP contribution in [-0.2, 0) is 0 Å². The maximum absolute atomic E-state index is 10.3. The van der Waals surface area contributed by atoms with Crippen LogP contribution in [0.15, 0.2) is 30.3 Å². The van der Waals surface area contributed by atoms with Gasteiger partial charge in [-0.2, -0.15) is 0 Å². The number of likely N-dealkylation sites (tertiary alicyclic amines) is 1. The summed E-state index contributed by atoms with van der Waals surface area (Å²) >= 11 is 4.95. The van der Waals surface area contributed by atoms with Crippen LogP contribution in [0, 0.1) is 0 Å². The number of carboxylic acid groups (broad SMARTS) is 1. The van der Waals surface area contributed by atoms with E-state index in [0.29, 0.717) is 5.75 Å². The van der Waals surface area contributed by atoms with Crippen LogP contribution >= 0.6 is 11.6 Å². The third-order valence-corrected chi connectivity index (χ3v) is 2.65. The molecule has 0 atom stereocenters. The molecule has 1 aliphatic heterocycles. The fourth-order valence-corrected chi connectivity index (χ4v) is 1.76. The lowest BCUT2D eigenvalue weighted by Crippen LogP contribution is -2.34. The first-order valence-electron chi connectivity index (χ1n) is 6.00.